The molecule has 0 unspecified atom stereocenters. The van der Waals surface area contributed by atoms with Crippen molar-refractivity contribution in [2.24, 2.45) is 0 Å². The van der Waals surface area contributed by atoms with Crippen LogP contribution in [-0.4, -0.2) is 25.2 Å². The SMILES string of the molecule is CCCOc1ccc(-c2cccc(NS(=O)(=O)c3cc(C)cc(C)c3)c2)nn1. The lowest BCUT2D eigenvalue weighted by atomic mass is 10.1. The Morgan fingerprint density at radius 1 is 0.964 bits per heavy atom. The highest BCUT2D eigenvalue weighted by Gasteiger charge is 2.15. The molecular formula is C21H23N3O3S. The Kier molecular flexibility index (Phi) is 5.94. The smallest absolute Gasteiger partial charge is 0.261 e. The Morgan fingerprint density at radius 2 is 1.71 bits per heavy atom. The average molecular weight is 398 g/mol. The van der Waals surface area contributed by atoms with E-state index in [4.69, 9.17) is 4.74 Å². The van der Waals surface area contributed by atoms with Gasteiger partial charge in [0.05, 0.1) is 17.2 Å². The van der Waals surface area contributed by atoms with Crippen molar-refractivity contribution in [1.29, 1.82) is 0 Å². The molecule has 1 aromatic heterocycles. The summed E-state index contributed by atoms with van der Waals surface area (Å²) < 4.78 is 33.6. The van der Waals surface area contributed by atoms with Crippen molar-refractivity contribution in [1.82, 2.24) is 10.2 Å². The molecule has 3 aromatic rings. The van der Waals surface area contributed by atoms with E-state index in [0.29, 0.717) is 23.9 Å². The first kappa shape index (κ1) is 19.8. The summed E-state index contributed by atoms with van der Waals surface area (Å²) in [7, 11) is -3.68. The van der Waals surface area contributed by atoms with Gasteiger partial charge in [0, 0.05) is 17.3 Å². The van der Waals surface area contributed by atoms with Gasteiger partial charge in [-0.15, -0.1) is 10.2 Å². The zero-order valence-electron chi connectivity index (χ0n) is 16.1. The third kappa shape index (κ3) is 4.86. The lowest BCUT2D eigenvalue weighted by molar-refractivity contribution is 0.302. The summed E-state index contributed by atoms with van der Waals surface area (Å²) in [6, 6.07) is 15.9. The number of rotatable bonds is 7. The van der Waals surface area contributed by atoms with Crippen molar-refractivity contribution < 1.29 is 13.2 Å². The van der Waals surface area contributed by atoms with Crippen LogP contribution in [0, 0.1) is 13.8 Å². The van der Waals surface area contributed by atoms with Crippen LogP contribution in [0.25, 0.3) is 11.3 Å². The number of nitrogens with zero attached hydrogens (tertiary/aromatic N) is 2. The van der Waals surface area contributed by atoms with E-state index < -0.39 is 10.0 Å². The molecule has 2 aromatic carbocycles. The van der Waals surface area contributed by atoms with Crippen LogP contribution in [0.5, 0.6) is 5.88 Å². The first-order chi connectivity index (χ1) is 13.4. The van der Waals surface area contributed by atoms with Crippen LogP contribution in [0.15, 0.2) is 59.5 Å². The van der Waals surface area contributed by atoms with Gasteiger partial charge in [-0.05, 0) is 61.7 Å². The fraction of sp³-hybridized carbons (Fsp3) is 0.238. The quantitative estimate of drug-likeness (QED) is 0.641. The van der Waals surface area contributed by atoms with E-state index in [0.717, 1.165) is 23.1 Å². The van der Waals surface area contributed by atoms with E-state index in [1.165, 1.54) is 0 Å². The molecule has 0 aliphatic carbocycles. The van der Waals surface area contributed by atoms with Gasteiger partial charge in [-0.3, -0.25) is 4.72 Å². The minimum atomic E-state index is -3.68. The van der Waals surface area contributed by atoms with Gasteiger partial charge in [0.1, 0.15) is 0 Å². The minimum absolute atomic E-state index is 0.243. The fourth-order valence-corrected chi connectivity index (χ4v) is 4.04. The first-order valence-corrected chi connectivity index (χ1v) is 10.5. The lowest BCUT2D eigenvalue weighted by Gasteiger charge is -2.11. The number of hydrogen-bond acceptors (Lipinski definition) is 5. The summed E-state index contributed by atoms with van der Waals surface area (Å²) in [6.07, 6.45) is 0.895. The van der Waals surface area contributed by atoms with Crippen LogP contribution in [0.3, 0.4) is 0 Å². The van der Waals surface area contributed by atoms with Crippen LogP contribution in [0.2, 0.25) is 0 Å². The predicted octanol–water partition coefficient (Wildman–Crippen LogP) is 4.35. The summed E-state index contributed by atoms with van der Waals surface area (Å²) in [5.74, 6) is 0.470. The van der Waals surface area contributed by atoms with E-state index in [1.54, 1.807) is 42.5 Å². The van der Waals surface area contributed by atoms with Crippen molar-refractivity contribution in [3.05, 3.63) is 65.7 Å². The monoisotopic (exact) mass is 397 g/mol. The molecule has 0 atom stereocenters. The Hall–Kier alpha value is -2.93. The molecule has 0 aliphatic rings. The molecule has 0 bridgehead atoms. The highest BCUT2D eigenvalue weighted by molar-refractivity contribution is 7.92. The van der Waals surface area contributed by atoms with Crippen molar-refractivity contribution in [2.75, 3.05) is 11.3 Å². The molecule has 1 N–H and O–H groups in total. The van der Waals surface area contributed by atoms with Gasteiger partial charge in [-0.2, -0.15) is 0 Å². The van der Waals surface area contributed by atoms with Crippen LogP contribution in [0.4, 0.5) is 5.69 Å². The van der Waals surface area contributed by atoms with Crippen LogP contribution in [0.1, 0.15) is 24.5 Å². The van der Waals surface area contributed by atoms with Gasteiger partial charge in [0.15, 0.2) is 0 Å². The van der Waals surface area contributed by atoms with E-state index in [-0.39, 0.29) is 4.90 Å². The molecule has 0 saturated carbocycles. The van der Waals surface area contributed by atoms with E-state index in [1.807, 2.05) is 32.9 Å². The summed E-state index contributed by atoms with van der Waals surface area (Å²) in [5.41, 5.74) is 3.65. The number of sulfonamides is 1. The molecule has 0 spiro atoms. The molecular weight excluding hydrogens is 374 g/mol. The van der Waals surface area contributed by atoms with Gasteiger partial charge in [-0.1, -0.05) is 25.1 Å². The number of anilines is 1. The number of nitrogens with one attached hydrogen (secondary N) is 1. The van der Waals surface area contributed by atoms with Gasteiger partial charge >= 0.3 is 0 Å². The second-order valence-electron chi connectivity index (χ2n) is 6.61. The fourth-order valence-electron chi connectivity index (χ4n) is 2.80. The second-order valence-corrected chi connectivity index (χ2v) is 8.30. The zero-order chi connectivity index (χ0) is 20.1. The molecule has 1 heterocycles. The van der Waals surface area contributed by atoms with Crippen molar-refractivity contribution >= 4 is 15.7 Å². The molecule has 0 radical (unpaired) electrons. The van der Waals surface area contributed by atoms with Crippen molar-refractivity contribution in [3.8, 4) is 17.1 Å². The summed E-state index contributed by atoms with van der Waals surface area (Å²) in [5, 5.41) is 8.22. The summed E-state index contributed by atoms with van der Waals surface area (Å²) in [4.78, 5) is 0.243. The van der Waals surface area contributed by atoms with Crippen molar-refractivity contribution in [2.45, 2.75) is 32.1 Å². The van der Waals surface area contributed by atoms with Crippen LogP contribution < -0.4 is 9.46 Å². The molecule has 0 saturated heterocycles. The Bertz CT molecular complexity index is 1040. The summed E-state index contributed by atoms with van der Waals surface area (Å²) in [6.45, 7) is 6.36. The van der Waals surface area contributed by atoms with E-state index in [2.05, 4.69) is 14.9 Å². The van der Waals surface area contributed by atoms with Crippen LogP contribution >= 0.6 is 0 Å². The summed E-state index contributed by atoms with van der Waals surface area (Å²) >= 11 is 0. The van der Waals surface area contributed by atoms with E-state index >= 15 is 0 Å². The molecule has 6 nitrogen and oxygen atoms in total. The number of ether oxygens (including phenoxy) is 1. The van der Waals surface area contributed by atoms with Gasteiger partial charge in [0.25, 0.3) is 10.0 Å². The topological polar surface area (TPSA) is 81.2 Å². The molecule has 0 amide bonds. The highest BCUT2D eigenvalue weighted by Crippen LogP contribution is 2.24. The minimum Gasteiger partial charge on any atom is -0.477 e. The van der Waals surface area contributed by atoms with E-state index in [9.17, 15) is 8.42 Å². The molecule has 0 fully saturated rings. The Morgan fingerprint density at radius 3 is 2.36 bits per heavy atom. The largest absolute Gasteiger partial charge is 0.477 e. The second kappa shape index (κ2) is 8.39. The van der Waals surface area contributed by atoms with Crippen LogP contribution in [-0.2, 0) is 10.0 Å². The zero-order valence-corrected chi connectivity index (χ0v) is 17.0. The third-order valence-electron chi connectivity index (χ3n) is 4.01. The molecule has 7 heteroatoms. The van der Waals surface area contributed by atoms with Gasteiger partial charge in [-0.25, -0.2) is 8.42 Å². The molecule has 0 aliphatic heterocycles. The number of hydrogen-bond donors (Lipinski definition) is 1. The standard InChI is InChI=1S/C21H23N3O3S/c1-4-10-27-21-9-8-20(22-23-21)17-6-5-7-18(14-17)24-28(25,26)19-12-15(2)11-16(3)13-19/h5-9,11-14,24H,4,10H2,1-3H3. The molecule has 146 valence electrons. The third-order valence-corrected chi connectivity index (χ3v) is 5.37. The number of aromatic nitrogens is 2. The number of aryl methyl sites for hydroxylation is 2. The lowest BCUT2D eigenvalue weighted by Crippen LogP contribution is -2.13. The Labute approximate surface area is 165 Å². The maximum atomic E-state index is 12.7. The predicted molar refractivity (Wildman–Crippen MR) is 110 cm³/mol. The molecule has 3 rings (SSSR count). The van der Waals surface area contributed by atoms with Gasteiger partial charge < -0.3 is 4.74 Å². The average Bonchev–Trinajstić information content (AvgIpc) is 2.66. The van der Waals surface area contributed by atoms with Gasteiger partial charge in [0.2, 0.25) is 5.88 Å². The number of benzene rings is 2. The van der Waals surface area contributed by atoms with Crippen molar-refractivity contribution in [3.63, 3.8) is 0 Å². The first-order valence-electron chi connectivity index (χ1n) is 9.05. The normalized spacial score (nSPS) is 11.2. The molecule has 28 heavy (non-hydrogen) atoms. The Balaban J connectivity index is 1.83. The highest BCUT2D eigenvalue weighted by atomic mass is 32.2. The maximum absolute atomic E-state index is 12.7. The maximum Gasteiger partial charge on any atom is 0.261 e.